The van der Waals surface area contributed by atoms with Crippen molar-refractivity contribution in [2.24, 2.45) is 0 Å². The minimum Gasteiger partial charge on any atom is -0.313 e. The van der Waals surface area contributed by atoms with Crippen molar-refractivity contribution in [1.82, 2.24) is 10.0 Å². The lowest BCUT2D eigenvalue weighted by atomic mass is 10.1. The van der Waals surface area contributed by atoms with Gasteiger partial charge in [0.1, 0.15) is 0 Å². The van der Waals surface area contributed by atoms with Crippen LogP contribution in [0.15, 0.2) is 0 Å². The zero-order valence-corrected chi connectivity index (χ0v) is 10.3. The van der Waals surface area contributed by atoms with E-state index in [2.05, 4.69) is 10.0 Å². The van der Waals surface area contributed by atoms with Crippen LogP contribution in [0.2, 0.25) is 0 Å². The summed E-state index contributed by atoms with van der Waals surface area (Å²) in [6, 6.07) is 0.527. The van der Waals surface area contributed by atoms with Gasteiger partial charge in [-0.2, -0.15) is 0 Å². The fourth-order valence-corrected chi connectivity index (χ4v) is 2.57. The molecule has 90 valence electrons. The summed E-state index contributed by atoms with van der Waals surface area (Å²) in [4.78, 5) is 0. The molecule has 0 radical (unpaired) electrons. The lowest BCUT2D eigenvalue weighted by Crippen LogP contribution is -2.35. The summed E-state index contributed by atoms with van der Waals surface area (Å²) in [5.74, 6) is 0.181. The lowest BCUT2D eigenvalue weighted by molar-refractivity contribution is 0.471. The molecule has 1 rings (SSSR count). The van der Waals surface area contributed by atoms with Crippen LogP contribution in [-0.4, -0.2) is 33.8 Å². The first-order valence-electron chi connectivity index (χ1n) is 5.78. The first-order valence-corrected chi connectivity index (χ1v) is 7.44. The molecule has 0 amide bonds. The molecule has 0 aromatic heterocycles. The first-order chi connectivity index (χ1) is 7.14. The van der Waals surface area contributed by atoms with Gasteiger partial charge in [-0.25, -0.2) is 13.1 Å². The molecule has 0 heterocycles. The molecular formula is C10H22N2O2S. The van der Waals surface area contributed by atoms with Crippen molar-refractivity contribution in [2.45, 2.75) is 44.6 Å². The highest BCUT2D eigenvalue weighted by molar-refractivity contribution is 7.89. The summed E-state index contributed by atoms with van der Waals surface area (Å²) in [5.41, 5.74) is 0. The standard InChI is InChI=1S/C10H22N2O2S/c1-11-15(13,14)9-8-12-10-6-4-2-3-5-7-10/h10-12H,2-9H2,1H3. The van der Waals surface area contributed by atoms with Gasteiger partial charge in [0.05, 0.1) is 5.75 Å². The predicted molar refractivity (Wildman–Crippen MR) is 62.3 cm³/mol. The molecule has 4 nitrogen and oxygen atoms in total. The van der Waals surface area contributed by atoms with E-state index in [0.717, 1.165) is 0 Å². The number of rotatable bonds is 5. The van der Waals surface area contributed by atoms with Gasteiger partial charge in [-0.05, 0) is 19.9 Å². The molecule has 0 spiro atoms. The Kier molecular flexibility index (Phi) is 5.56. The monoisotopic (exact) mass is 234 g/mol. The Labute approximate surface area is 92.9 Å². The Morgan fingerprint density at radius 2 is 1.73 bits per heavy atom. The molecule has 1 saturated carbocycles. The molecule has 0 atom stereocenters. The summed E-state index contributed by atoms with van der Waals surface area (Å²) >= 11 is 0. The highest BCUT2D eigenvalue weighted by Gasteiger charge is 2.12. The maximum absolute atomic E-state index is 11.2. The number of hydrogen-bond donors (Lipinski definition) is 2. The maximum atomic E-state index is 11.2. The van der Waals surface area contributed by atoms with Crippen LogP contribution in [0.25, 0.3) is 0 Å². The van der Waals surface area contributed by atoms with E-state index in [-0.39, 0.29) is 5.75 Å². The van der Waals surface area contributed by atoms with E-state index in [1.807, 2.05) is 0 Å². The smallest absolute Gasteiger partial charge is 0.212 e. The topological polar surface area (TPSA) is 58.2 Å². The Hall–Kier alpha value is -0.130. The number of hydrogen-bond acceptors (Lipinski definition) is 3. The highest BCUT2D eigenvalue weighted by atomic mass is 32.2. The van der Waals surface area contributed by atoms with E-state index >= 15 is 0 Å². The second-order valence-corrected chi connectivity index (χ2v) is 6.21. The second kappa shape index (κ2) is 6.45. The van der Waals surface area contributed by atoms with Crippen LogP contribution in [0.3, 0.4) is 0 Å². The molecule has 2 N–H and O–H groups in total. The minimum absolute atomic E-state index is 0.181. The normalized spacial score (nSPS) is 20.1. The van der Waals surface area contributed by atoms with Crippen molar-refractivity contribution in [3.63, 3.8) is 0 Å². The molecular weight excluding hydrogens is 212 g/mol. The van der Waals surface area contributed by atoms with Crippen molar-refractivity contribution >= 4 is 10.0 Å². The van der Waals surface area contributed by atoms with Crippen molar-refractivity contribution in [3.8, 4) is 0 Å². The van der Waals surface area contributed by atoms with Crippen LogP contribution in [0.1, 0.15) is 38.5 Å². The van der Waals surface area contributed by atoms with Crippen LogP contribution in [-0.2, 0) is 10.0 Å². The average molecular weight is 234 g/mol. The Morgan fingerprint density at radius 3 is 2.27 bits per heavy atom. The van der Waals surface area contributed by atoms with Gasteiger partial charge < -0.3 is 5.32 Å². The van der Waals surface area contributed by atoms with Gasteiger partial charge >= 0.3 is 0 Å². The zero-order chi connectivity index (χ0) is 11.1. The van der Waals surface area contributed by atoms with E-state index in [1.165, 1.54) is 45.6 Å². The van der Waals surface area contributed by atoms with E-state index in [0.29, 0.717) is 12.6 Å². The minimum atomic E-state index is -3.04. The third-order valence-electron chi connectivity index (χ3n) is 2.97. The maximum Gasteiger partial charge on any atom is 0.212 e. The van der Waals surface area contributed by atoms with Crippen LogP contribution >= 0.6 is 0 Å². The molecule has 5 heteroatoms. The van der Waals surface area contributed by atoms with E-state index in [9.17, 15) is 8.42 Å². The van der Waals surface area contributed by atoms with Gasteiger partial charge in [0, 0.05) is 12.6 Å². The van der Waals surface area contributed by atoms with E-state index in [4.69, 9.17) is 0 Å². The van der Waals surface area contributed by atoms with Crippen LogP contribution in [0.5, 0.6) is 0 Å². The van der Waals surface area contributed by atoms with Crippen LogP contribution in [0.4, 0.5) is 0 Å². The van der Waals surface area contributed by atoms with Gasteiger partial charge in [0.25, 0.3) is 0 Å². The van der Waals surface area contributed by atoms with Crippen LogP contribution in [0, 0.1) is 0 Å². The van der Waals surface area contributed by atoms with Gasteiger partial charge in [0.2, 0.25) is 10.0 Å². The van der Waals surface area contributed by atoms with Gasteiger partial charge in [-0.3, -0.25) is 0 Å². The molecule has 15 heavy (non-hydrogen) atoms. The molecule has 0 aromatic carbocycles. The summed E-state index contributed by atoms with van der Waals surface area (Å²) in [5, 5.41) is 3.33. The highest BCUT2D eigenvalue weighted by Crippen LogP contribution is 2.16. The molecule has 0 aliphatic heterocycles. The third-order valence-corrected chi connectivity index (χ3v) is 4.33. The Morgan fingerprint density at radius 1 is 1.13 bits per heavy atom. The van der Waals surface area contributed by atoms with Crippen molar-refractivity contribution in [2.75, 3.05) is 19.3 Å². The van der Waals surface area contributed by atoms with Gasteiger partial charge in [-0.1, -0.05) is 25.7 Å². The third kappa shape index (κ3) is 5.49. The van der Waals surface area contributed by atoms with Crippen molar-refractivity contribution < 1.29 is 8.42 Å². The number of nitrogens with one attached hydrogen (secondary N) is 2. The molecule has 1 aliphatic carbocycles. The second-order valence-electron chi connectivity index (χ2n) is 4.17. The molecule has 0 unspecified atom stereocenters. The molecule has 0 bridgehead atoms. The fourth-order valence-electron chi connectivity index (χ4n) is 1.98. The van der Waals surface area contributed by atoms with Crippen LogP contribution < -0.4 is 10.0 Å². The van der Waals surface area contributed by atoms with E-state index < -0.39 is 10.0 Å². The summed E-state index contributed by atoms with van der Waals surface area (Å²) in [7, 11) is -1.58. The fraction of sp³-hybridized carbons (Fsp3) is 1.00. The summed E-state index contributed by atoms with van der Waals surface area (Å²) < 4.78 is 24.6. The molecule has 1 aliphatic rings. The molecule has 1 fully saturated rings. The quantitative estimate of drug-likeness (QED) is 0.693. The van der Waals surface area contributed by atoms with Gasteiger partial charge in [0.15, 0.2) is 0 Å². The molecule has 0 saturated heterocycles. The summed E-state index contributed by atoms with van der Waals surface area (Å²) in [6.07, 6.45) is 7.59. The Balaban J connectivity index is 2.18. The van der Waals surface area contributed by atoms with Crippen molar-refractivity contribution in [3.05, 3.63) is 0 Å². The largest absolute Gasteiger partial charge is 0.313 e. The lowest BCUT2D eigenvalue weighted by Gasteiger charge is -2.15. The Bertz CT molecular complexity index is 257. The van der Waals surface area contributed by atoms with Gasteiger partial charge in [-0.15, -0.1) is 0 Å². The van der Waals surface area contributed by atoms with E-state index in [1.54, 1.807) is 0 Å². The first kappa shape index (κ1) is 12.9. The zero-order valence-electron chi connectivity index (χ0n) is 9.46. The summed E-state index contributed by atoms with van der Waals surface area (Å²) in [6.45, 7) is 0.563. The average Bonchev–Trinajstić information content (AvgIpc) is 2.46. The predicted octanol–water partition coefficient (Wildman–Crippen LogP) is 0.848. The SMILES string of the molecule is CNS(=O)(=O)CCNC1CCCCCC1. The van der Waals surface area contributed by atoms with Crippen molar-refractivity contribution in [1.29, 1.82) is 0 Å². The number of sulfonamides is 1. The molecule has 0 aromatic rings.